The summed E-state index contributed by atoms with van der Waals surface area (Å²) in [6.07, 6.45) is 0. The Morgan fingerprint density at radius 3 is 2.55 bits per heavy atom. The van der Waals surface area contributed by atoms with Gasteiger partial charge < -0.3 is 5.32 Å². The molecule has 1 atom stereocenters. The molecule has 102 valence electrons. The maximum absolute atomic E-state index is 3.59. The van der Waals surface area contributed by atoms with Crippen molar-refractivity contribution in [2.75, 3.05) is 5.32 Å². The van der Waals surface area contributed by atoms with Crippen molar-refractivity contribution in [1.29, 1.82) is 0 Å². The summed E-state index contributed by atoms with van der Waals surface area (Å²) < 4.78 is 1.12. The summed E-state index contributed by atoms with van der Waals surface area (Å²) in [5, 5.41) is 8.26. The SMILES string of the molecule is Cc1ccsc1C(C)Nc1ccc2cc(Br)ccc2c1. The molecule has 1 aromatic heterocycles. The Bertz CT molecular complexity index is 748. The van der Waals surface area contributed by atoms with Crippen LogP contribution in [0.25, 0.3) is 10.8 Å². The Morgan fingerprint density at radius 2 is 1.80 bits per heavy atom. The minimum atomic E-state index is 0.336. The van der Waals surface area contributed by atoms with Gasteiger partial charge in [0.1, 0.15) is 0 Å². The lowest BCUT2D eigenvalue weighted by atomic mass is 10.1. The summed E-state index contributed by atoms with van der Waals surface area (Å²) in [6.45, 7) is 4.38. The first-order valence-electron chi connectivity index (χ1n) is 6.63. The van der Waals surface area contributed by atoms with E-state index in [1.807, 2.05) is 11.3 Å². The number of rotatable bonds is 3. The molecule has 3 heteroatoms. The molecule has 0 aliphatic rings. The number of anilines is 1. The summed E-state index contributed by atoms with van der Waals surface area (Å²) in [4.78, 5) is 1.40. The van der Waals surface area contributed by atoms with Gasteiger partial charge in [-0.3, -0.25) is 0 Å². The fraction of sp³-hybridized carbons (Fsp3) is 0.176. The Labute approximate surface area is 131 Å². The first kappa shape index (κ1) is 13.7. The van der Waals surface area contributed by atoms with Crippen molar-refractivity contribution in [2.24, 2.45) is 0 Å². The summed E-state index contributed by atoms with van der Waals surface area (Å²) in [6, 6.07) is 15.4. The highest BCUT2D eigenvalue weighted by molar-refractivity contribution is 9.10. The number of halogens is 1. The van der Waals surface area contributed by atoms with E-state index in [0.717, 1.165) is 4.47 Å². The minimum absolute atomic E-state index is 0.336. The third-order valence-electron chi connectivity index (χ3n) is 3.48. The second-order valence-corrected chi connectivity index (χ2v) is 6.90. The van der Waals surface area contributed by atoms with E-state index in [4.69, 9.17) is 0 Å². The number of thiophene rings is 1. The third kappa shape index (κ3) is 2.74. The van der Waals surface area contributed by atoms with Crippen molar-refractivity contribution >= 4 is 43.7 Å². The number of hydrogen-bond donors (Lipinski definition) is 1. The van der Waals surface area contributed by atoms with Crippen molar-refractivity contribution in [3.63, 3.8) is 0 Å². The van der Waals surface area contributed by atoms with Crippen LogP contribution in [-0.4, -0.2) is 0 Å². The van der Waals surface area contributed by atoms with Crippen LogP contribution in [0, 0.1) is 6.92 Å². The van der Waals surface area contributed by atoms with E-state index in [2.05, 4.69) is 82.9 Å². The Kier molecular flexibility index (Phi) is 3.81. The predicted molar refractivity (Wildman–Crippen MR) is 92.7 cm³/mol. The zero-order valence-corrected chi connectivity index (χ0v) is 13.9. The molecule has 0 amide bonds. The van der Waals surface area contributed by atoms with E-state index in [1.54, 1.807) is 0 Å². The third-order valence-corrected chi connectivity index (χ3v) is 5.18. The molecule has 0 aliphatic carbocycles. The van der Waals surface area contributed by atoms with Gasteiger partial charge >= 0.3 is 0 Å². The van der Waals surface area contributed by atoms with E-state index < -0.39 is 0 Å². The second kappa shape index (κ2) is 5.58. The average molecular weight is 346 g/mol. The summed E-state index contributed by atoms with van der Waals surface area (Å²) >= 11 is 5.32. The molecule has 1 N–H and O–H groups in total. The first-order chi connectivity index (χ1) is 9.63. The van der Waals surface area contributed by atoms with Crippen molar-refractivity contribution in [3.05, 3.63) is 62.8 Å². The van der Waals surface area contributed by atoms with Crippen LogP contribution in [-0.2, 0) is 0 Å². The largest absolute Gasteiger partial charge is 0.378 e. The van der Waals surface area contributed by atoms with Crippen molar-refractivity contribution < 1.29 is 0 Å². The van der Waals surface area contributed by atoms with Gasteiger partial charge in [-0.1, -0.05) is 28.1 Å². The van der Waals surface area contributed by atoms with E-state index >= 15 is 0 Å². The van der Waals surface area contributed by atoms with Gasteiger partial charge in [-0.2, -0.15) is 0 Å². The van der Waals surface area contributed by atoms with Crippen LogP contribution >= 0.6 is 27.3 Å². The molecule has 3 rings (SSSR count). The fourth-order valence-electron chi connectivity index (χ4n) is 2.45. The number of nitrogens with one attached hydrogen (secondary N) is 1. The van der Waals surface area contributed by atoms with Gasteiger partial charge in [-0.15, -0.1) is 11.3 Å². The lowest BCUT2D eigenvalue weighted by Crippen LogP contribution is -2.05. The summed E-state index contributed by atoms with van der Waals surface area (Å²) in [5.41, 5.74) is 2.53. The molecule has 0 fully saturated rings. The lowest BCUT2D eigenvalue weighted by Gasteiger charge is -2.15. The molecule has 1 nitrogen and oxygen atoms in total. The molecular formula is C17H16BrNS. The van der Waals surface area contributed by atoms with Crippen LogP contribution in [0.4, 0.5) is 5.69 Å². The van der Waals surface area contributed by atoms with Crippen molar-refractivity contribution in [2.45, 2.75) is 19.9 Å². The highest BCUT2D eigenvalue weighted by atomic mass is 79.9. The van der Waals surface area contributed by atoms with Gasteiger partial charge in [-0.25, -0.2) is 0 Å². The van der Waals surface area contributed by atoms with Crippen LogP contribution in [0.2, 0.25) is 0 Å². The Hall–Kier alpha value is -1.32. The maximum Gasteiger partial charge on any atom is 0.0581 e. The number of hydrogen-bond acceptors (Lipinski definition) is 2. The van der Waals surface area contributed by atoms with E-state index in [-0.39, 0.29) is 0 Å². The van der Waals surface area contributed by atoms with Gasteiger partial charge in [0, 0.05) is 15.0 Å². The quantitative estimate of drug-likeness (QED) is 0.600. The smallest absolute Gasteiger partial charge is 0.0581 e. The van der Waals surface area contributed by atoms with Crippen molar-refractivity contribution in [1.82, 2.24) is 0 Å². The van der Waals surface area contributed by atoms with Crippen LogP contribution in [0.15, 0.2) is 52.3 Å². The fourth-order valence-corrected chi connectivity index (χ4v) is 3.76. The first-order valence-corrected chi connectivity index (χ1v) is 8.30. The zero-order valence-electron chi connectivity index (χ0n) is 11.5. The van der Waals surface area contributed by atoms with Gasteiger partial charge in [0.2, 0.25) is 0 Å². The standard InChI is InChI=1S/C17H16BrNS/c1-11-7-8-20-17(11)12(2)19-16-6-4-13-9-15(18)5-3-14(13)10-16/h3-10,12,19H,1-2H3. The Morgan fingerprint density at radius 1 is 1.05 bits per heavy atom. The Balaban J connectivity index is 1.88. The van der Waals surface area contributed by atoms with Gasteiger partial charge in [0.25, 0.3) is 0 Å². The highest BCUT2D eigenvalue weighted by Gasteiger charge is 2.09. The molecule has 0 spiro atoms. The van der Waals surface area contributed by atoms with Crippen LogP contribution in [0.1, 0.15) is 23.4 Å². The molecule has 0 bridgehead atoms. The maximum atomic E-state index is 3.59. The summed E-state index contributed by atoms with van der Waals surface area (Å²) in [5.74, 6) is 0. The monoisotopic (exact) mass is 345 g/mol. The van der Waals surface area contributed by atoms with Gasteiger partial charge in [-0.05, 0) is 65.9 Å². The second-order valence-electron chi connectivity index (χ2n) is 5.04. The molecule has 3 aromatic rings. The molecule has 2 aromatic carbocycles. The molecular weight excluding hydrogens is 330 g/mol. The average Bonchev–Trinajstić information content (AvgIpc) is 2.85. The molecule has 0 aliphatic heterocycles. The van der Waals surface area contributed by atoms with Crippen LogP contribution in [0.3, 0.4) is 0 Å². The molecule has 20 heavy (non-hydrogen) atoms. The lowest BCUT2D eigenvalue weighted by molar-refractivity contribution is 0.900. The van der Waals surface area contributed by atoms with E-state index in [0.29, 0.717) is 6.04 Å². The van der Waals surface area contributed by atoms with Gasteiger partial charge in [0.15, 0.2) is 0 Å². The summed E-state index contributed by atoms with van der Waals surface area (Å²) in [7, 11) is 0. The van der Waals surface area contributed by atoms with Crippen LogP contribution < -0.4 is 5.32 Å². The van der Waals surface area contributed by atoms with E-state index in [1.165, 1.54) is 26.9 Å². The number of fused-ring (bicyclic) bond motifs is 1. The topological polar surface area (TPSA) is 12.0 Å². The molecule has 1 heterocycles. The molecule has 0 saturated carbocycles. The molecule has 0 radical (unpaired) electrons. The predicted octanol–water partition coefficient (Wildman–Crippen LogP) is 6.15. The van der Waals surface area contributed by atoms with Crippen LogP contribution in [0.5, 0.6) is 0 Å². The minimum Gasteiger partial charge on any atom is -0.378 e. The number of benzene rings is 2. The normalized spacial score (nSPS) is 12.6. The van der Waals surface area contributed by atoms with Crippen molar-refractivity contribution in [3.8, 4) is 0 Å². The van der Waals surface area contributed by atoms with E-state index in [9.17, 15) is 0 Å². The van der Waals surface area contributed by atoms with Gasteiger partial charge in [0.05, 0.1) is 6.04 Å². The molecule has 0 saturated heterocycles. The zero-order chi connectivity index (χ0) is 14.1. The highest BCUT2D eigenvalue weighted by Crippen LogP contribution is 2.29. The number of aryl methyl sites for hydroxylation is 1. The molecule has 1 unspecified atom stereocenters.